The molecule has 0 bridgehead atoms. The molecule has 2 aromatic heterocycles. The van der Waals surface area contributed by atoms with Gasteiger partial charge < -0.3 is 5.73 Å². The molecule has 0 fully saturated rings. The molecule has 0 aliphatic heterocycles. The van der Waals surface area contributed by atoms with Crippen LogP contribution in [0.25, 0.3) is 10.9 Å². The van der Waals surface area contributed by atoms with Gasteiger partial charge in [0.25, 0.3) is 0 Å². The molecule has 19 heavy (non-hydrogen) atoms. The van der Waals surface area contributed by atoms with Crippen molar-refractivity contribution in [2.45, 2.75) is 6.04 Å². The number of pyridine rings is 2. The molecule has 2 N–H and O–H groups in total. The van der Waals surface area contributed by atoms with E-state index in [0.717, 1.165) is 26.6 Å². The first-order chi connectivity index (χ1) is 9.25. The highest BCUT2D eigenvalue weighted by Gasteiger charge is 2.13. The van der Waals surface area contributed by atoms with Gasteiger partial charge in [0.15, 0.2) is 0 Å². The van der Waals surface area contributed by atoms with Crippen molar-refractivity contribution in [3.05, 3.63) is 70.6 Å². The molecule has 0 saturated heterocycles. The lowest BCUT2D eigenvalue weighted by atomic mass is 10.0. The van der Waals surface area contributed by atoms with Gasteiger partial charge in [0.2, 0.25) is 0 Å². The standard InChI is InChI=1S/C15H12BrN3/c16-12-4-2-8-19-15(12)14(17)11-5-6-13-10(9-11)3-1-7-18-13/h1-9,14H,17H2. The van der Waals surface area contributed by atoms with Gasteiger partial charge in [0.1, 0.15) is 0 Å². The molecule has 0 radical (unpaired) electrons. The van der Waals surface area contributed by atoms with E-state index in [0.29, 0.717) is 0 Å². The van der Waals surface area contributed by atoms with Crippen LogP contribution in [0.5, 0.6) is 0 Å². The van der Waals surface area contributed by atoms with Gasteiger partial charge in [-0.3, -0.25) is 9.97 Å². The summed E-state index contributed by atoms with van der Waals surface area (Å²) in [7, 11) is 0. The highest BCUT2D eigenvalue weighted by Crippen LogP contribution is 2.26. The van der Waals surface area contributed by atoms with Crippen LogP contribution in [-0.4, -0.2) is 9.97 Å². The Labute approximate surface area is 119 Å². The summed E-state index contributed by atoms with van der Waals surface area (Å²) >= 11 is 3.49. The first kappa shape index (κ1) is 12.3. The predicted octanol–water partition coefficient (Wildman–Crippen LogP) is 3.44. The molecule has 4 heteroatoms. The van der Waals surface area contributed by atoms with E-state index in [2.05, 4.69) is 32.0 Å². The molecule has 0 saturated carbocycles. The van der Waals surface area contributed by atoms with E-state index >= 15 is 0 Å². The third kappa shape index (κ3) is 2.37. The molecular weight excluding hydrogens is 302 g/mol. The van der Waals surface area contributed by atoms with Crippen LogP contribution in [0.4, 0.5) is 0 Å². The van der Waals surface area contributed by atoms with Gasteiger partial charge in [-0.05, 0) is 51.8 Å². The molecule has 1 atom stereocenters. The van der Waals surface area contributed by atoms with Crippen molar-refractivity contribution in [3.8, 4) is 0 Å². The Kier molecular flexibility index (Phi) is 3.27. The second-order valence-electron chi connectivity index (χ2n) is 4.30. The number of benzene rings is 1. The van der Waals surface area contributed by atoms with Crippen LogP contribution in [0.15, 0.2) is 59.3 Å². The van der Waals surface area contributed by atoms with E-state index in [1.807, 2.05) is 36.4 Å². The lowest BCUT2D eigenvalue weighted by Gasteiger charge is -2.13. The van der Waals surface area contributed by atoms with Crippen LogP contribution in [0, 0.1) is 0 Å². The molecule has 3 aromatic rings. The SMILES string of the molecule is NC(c1ccc2ncccc2c1)c1ncccc1Br. The van der Waals surface area contributed by atoms with Gasteiger partial charge in [-0.2, -0.15) is 0 Å². The Morgan fingerprint density at radius 1 is 1.00 bits per heavy atom. The maximum absolute atomic E-state index is 6.30. The number of fused-ring (bicyclic) bond motifs is 1. The number of hydrogen-bond donors (Lipinski definition) is 1. The van der Waals surface area contributed by atoms with E-state index in [1.165, 1.54) is 0 Å². The van der Waals surface area contributed by atoms with Crippen LogP contribution in [0.1, 0.15) is 17.3 Å². The highest BCUT2D eigenvalue weighted by molar-refractivity contribution is 9.10. The minimum Gasteiger partial charge on any atom is -0.319 e. The van der Waals surface area contributed by atoms with E-state index in [-0.39, 0.29) is 6.04 Å². The van der Waals surface area contributed by atoms with Crippen LogP contribution >= 0.6 is 15.9 Å². The number of nitrogens with zero attached hydrogens (tertiary/aromatic N) is 2. The monoisotopic (exact) mass is 313 g/mol. The van der Waals surface area contributed by atoms with Gasteiger partial charge in [0, 0.05) is 22.3 Å². The largest absolute Gasteiger partial charge is 0.319 e. The van der Waals surface area contributed by atoms with E-state index in [4.69, 9.17) is 5.73 Å². The summed E-state index contributed by atoms with van der Waals surface area (Å²) in [5, 5.41) is 1.09. The summed E-state index contributed by atoms with van der Waals surface area (Å²) in [5.41, 5.74) is 9.13. The maximum atomic E-state index is 6.30. The van der Waals surface area contributed by atoms with Crippen molar-refractivity contribution < 1.29 is 0 Å². The summed E-state index contributed by atoms with van der Waals surface area (Å²) < 4.78 is 0.925. The van der Waals surface area contributed by atoms with Crippen LogP contribution in [0.2, 0.25) is 0 Å². The summed E-state index contributed by atoms with van der Waals surface area (Å²) in [5.74, 6) is 0. The molecule has 2 heterocycles. The van der Waals surface area contributed by atoms with Crippen molar-refractivity contribution >= 4 is 26.8 Å². The molecule has 0 aliphatic carbocycles. The summed E-state index contributed by atoms with van der Waals surface area (Å²) in [6, 6.07) is 13.6. The zero-order chi connectivity index (χ0) is 13.2. The molecule has 0 aliphatic rings. The Morgan fingerprint density at radius 2 is 1.79 bits per heavy atom. The van der Waals surface area contributed by atoms with E-state index in [9.17, 15) is 0 Å². The average molecular weight is 314 g/mol. The van der Waals surface area contributed by atoms with E-state index in [1.54, 1.807) is 12.4 Å². The van der Waals surface area contributed by atoms with Gasteiger partial charge in [-0.1, -0.05) is 12.1 Å². The smallest absolute Gasteiger partial charge is 0.0758 e. The topological polar surface area (TPSA) is 51.8 Å². The Morgan fingerprint density at radius 3 is 2.63 bits per heavy atom. The van der Waals surface area contributed by atoms with Gasteiger partial charge in [-0.25, -0.2) is 0 Å². The normalized spacial score (nSPS) is 12.5. The minimum absolute atomic E-state index is 0.250. The molecular formula is C15H12BrN3. The number of nitrogens with two attached hydrogens (primary N) is 1. The lowest BCUT2D eigenvalue weighted by Crippen LogP contribution is -2.14. The summed E-state index contributed by atoms with van der Waals surface area (Å²) in [6.45, 7) is 0. The number of halogens is 1. The second kappa shape index (κ2) is 5.07. The van der Waals surface area contributed by atoms with Crippen molar-refractivity contribution in [1.82, 2.24) is 9.97 Å². The van der Waals surface area contributed by atoms with Crippen LogP contribution in [0.3, 0.4) is 0 Å². The third-order valence-corrected chi connectivity index (χ3v) is 3.74. The average Bonchev–Trinajstić information content (AvgIpc) is 2.46. The molecule has 3 rings (SSSR count). The zero-order valence-electron chi connectivity index (χ0n) is 10.1. The fraction of sp³-hybridized carbons (Fsp3) is 0.0667. The summed E-state index contributed by atoms with van der Waals surface area (Å²) in [6.07, 6.45) is 3.54. The van der Waals surface area contributed by atoms with Gasteiger partial charge >= 0.3 is 0 Å². The minimum atomic E-state index is -0.250. The highest BCUT2D eigenvalue weighted by atomic mass is 79.9. The van der Waals surface area contributed by atoms with Gasteiger partial charge in [-0.15, -0.1) is 0 Å². The second-order valence-corrected chi connectivity index (χ2v) is 5.16. The number of aromatic nitrogens is 2. The Bertz CT molecular complexity index is 727. The van der Waals surface area contributed by atoms with Crippen LogP contribution < -0.4 is 5.73 Å². The molecule has 94 valence electrons. The van der Waals surface area contributed by atoms with E-state index < -0.39 is 0 Å². The lowest BCUT2D eigenvalue weighted by molar-refractivity contribution is 0.823. The number of rotatable bonds is 2. The Balaban J connectivity index is 2.07. The van der Waals surface area contributed by atoms with Crippen molar-refractivity contribution in [1.29, 1.82) is 0 Å². The van der Waals surface area contributed by atoms with Gasteiger partial charge in [0.05, 0.1) is 17.3 Å². The van der Waals surface area contributed by atoms with Crippen molar-refractivity contribution in [2.75, 3.05) is 0 Å². The first-order valence-electron chi connectivity index (χ1n) is 5.96. The van der Waals surface area contributed by atoms with Crippen LogP contribution in [-0.2, 0) is 0 Å². The fourth-order valence-corrected chi connectivity index (χ4v) is 2.57. The molecule has 0 spiro atoms. The molecule has 1 unspecified atom stereocenters. The van der Waals surface area contributed by atoms with Crippen molar-refractivity contribution in [2.24, 2.45) is 5.73 Å². The molecule has 1 aromatic carbocycles. The zero-order valence-corrected chi connectivity index (χ0v) is 11.7. The third-order valence-electron chi connectivity index (χ3n) is 3.07. The first-order valence-corrected chi connectivity index (χ1v) is 6.75. The fourth-order valence-electron chi connectivity index (χ4n) is 2.07. The maximum Gasteiger partial charge on any atom is 0.0758 e. The quantitative estimate of drug-likeness (QED) is 0.788. The van der Waals surface area contributed by atoms with Crippen molar-refractivity contribution in [3.63, 3.8) is 0 Å². The molecule has 0 amide bonds. The summed E-state index contributed by atoms with van der Waals surface area (Å²) in [4.78, 5) is 8.65. The number of hydrogen-bond acceptors (Lipinski definition) is 3. The predicted molar refractivity (Wildman–Crippen MR) is 79.7 cm³/mol. The Hall–Kier alpha value is -1.78. The molecule has 3 nitrogen and oxygen atoms in total.